The number of alkyl halides is 3. The van der Waals surface area contributed by atoms with Crippen molar-refractivity contribution < 1.29 is 30.5 Å². The van der Waals surface area contributed by atoms with Gasteiger partial charge in [0.1, 0.15) is 11.8 Å². The molecule has 1 aromatic carbocycles. The highest BCUT2D eigenvalue weighted by Gasteiger charge is 2.49. The summed E-state index contributed by atoms with van der Waals surface area (Å²) in [4.78, 5) is 4.11. The summed E-state index contributed by atoms with van der Waals surface area (Å²) in [5.41, 5.74) is -4.53. The zero-order chi connectivity index (χ0) is 18.0. The van der Waals surface area contributed by atoms with Crippen molar-refractivity contribution in [2.45, 2.75) is 18.5 Å². The molecular formula is C15H14F3NO4S. The summed E-state index contributed by atoms with van der Waals surface area (Å²) in [5.74, 6) is -0.534. The van der Waals surface area contributed by atoms with Crippen molar-refractivity contribution in [3.05, 3.63) is 59.4 Å². The lowest BCUT2D eigenvalue weighted by Gasteiger charge is -2.19. The summed E-state index contributed by atoms with van der Waals surface area (Å²) in [6, 6.07) is 11.0. The summed E-state index contributed by atoms with van der Waals surface area (Å²) >= 11 is 0. The molecule has 0 saturated heterocycles. The first-order chi connectivity index (χ1) is 11.2. The lowest BCUT2D eigenvalue weighted by atomic mass is 10.0. The van der Waals surface area contributed by atoms with Gasteiger partial charge in [0, 0.05) is 12.8 Å². The van der Waals surface area contributed by atoms with E-state index >= 15 is 0 Å². The van der Waals surface area contributed by atoms with Crippen LogP contribution < -0.4 is 4.18 Å². The maximum Gasteiger partial charge on any atom is 0.534 e. The third-order valence-corrected chi connectivity index (χ3v) is 4.06. The molecule has 0 radical (unpaired) electrons. The van der Waals surface area contributed by atoms with Crippen LogP contribution in [-0.4, -0.2) is 26.0 Å². The molecule has 0 bridgehead atoms. The van der Waals surface area contributed by atoms with E-state index in [4.69, 9.17) is 4.74 Å². The SMILES string of the molecule is COC(c1ccccc1)c1nc(C)ccc1OS(=O)(=O)C(F)(F)F. The third-order valence-electron chi connectivity index (χ3n) is 3.09. The Bertz CT molecular complexity index is 807. The second kappa shape index (κ2) is 6.78. The molecule has 9 heteroatoms. The quantitative estimate of drug-likeness (QED) is 0.604. The van der Waals surface area contributed by atoms with E-state index in [0.29, 0.717) is 11.3 Å². The van der Waals surface area contributed by atoms with Crippen LogP contribution in [0.5, 0.6) is 5.75 Å². The highest BCUT2D eigenvalue weighted by molar-refractivity contribution is 7.88. The van der Waals surface area contributed by atoms with E-state index in [9.17, 15) is 21.6 Å². The van der Waals surface area contributed by atoms with Crippen molar-refractivity contribution in [1.82, 2.24) is 4.98 Å². The fraction of sp³-hybridized carbons (Fsp3) is 0.267. The monoisotopic (exact) mass is 361 g/mol. The Labute approximate surface area is 137 Å². The Morgan fingerprint density at radius 2 is 1.71 bits per heavy atom. The Hall–Kier alpha value is -2.13. The molecular weight excluding hydrogens is 347 g/mol. The average molecular weight is 361 g/mol. The number of pyridine rings is 1. The maximum atomic E-state index is 12.6. The zero-order valence-corrected chi connectivity index (χ0v) is 13.6. The van der Waals surface area contributed by atoms with E-state index in [1.54, 1.807) is 37.3 Å². The van der Waals surface area contributed by atoms with E-state index in [1.807, 2.05) is 0 Å². The number of ether oxygens (including phenoxy) is 1. The van der Waals surface area contributed by atoms with Crippen molar-refractivity contribution in [3.63, 3.8) is 0 Å². The van der Waals surface area contributed by atoms with Gasteiger partial charge in [-0.2, -0.15) is 21.6 Å². The Kier molecular flexibility index (Phi) is 5.14. The number of methoxy groups -OCH3 is 1. The van der Waals surface area contributed by atoms with Gasteiger partial charge in [-0.1, -0.05) is 30.3 Å². The van der Waals surface area contributed by atoms with Gasteiger partial charge in [0.25, 0.3) is 0 Å². The topological polar surface area (TPSA) is 65.5 Å². The standard InChI is InChI=1S/C15H14F3NO4S/c1-10-8-9-12(23-24(20,21)15(16,17)18)13(19-10)14(22-2)11-6-4-3-5-7-11/h3-9,14H,1-2H3. The normalized spacial score (nSPS) is 13.5. The summed E-state index contributed by atoms with van der Waals surface area (Å²) in [6.45, 7) is 1.61. The molecule has 130 valence electrons. The van der Waals surface area contributed by atoms with Crippen molar-refractivity contribution in [2.75, 3.05) is 7.11 Å². The van der Waals surface area contributed by atoms with Crippen LogP contribution in [0.1, 0.15) is 23.1 Å². The van der Waals surface area contributed by atoms with Crippen LogP contribution in [0, 0.1) is 6.92 Å². The number of aromatic nitrogens is 1. The van der Waals surface area contributed by atoms with Crippen molar-refractivity contribution in [1.29, 1.82) is 0 Å². The third kappa shape index (κ3) is 3.85. The summed E-state index contributed by atoms with van der Waals surface area (Å²) in [7, 11) is -4.47. The van der Waals surface area contributed by atoms with Crippen molar-refractivity contribution in [3.8, 4) is 5.75 Å². The minimum Gasteiger partial charge on any atom is -0.374 e. The fourth-order valence-electron chi connectivity index (χ4n) is 2.02. The molecule has 2 rings (SSSR count). The maximum absolute atomic E-state index is 12.6. The van der Waals surface area contributed by atoms with Crippen LogP contribution in [0.15, 0.2) is 42.5 Å². The van der Waals surface area contributed by atoms with Crippen molar-refractivity contribution in [2.24, 2.45) is 0 Å². The van der Waals surface area contributed by atoms with Crippen LogP contribution in [-0.2, 0) is 14.9 Å². The van der Waals surface area contributed by atoms with Gasteiger partial charge < -0.3 is 8.92 Å². The van der Waals surface area contributed by atoms with Crippen LogP contribution >= 0.6 is 0 Å². The molecule has 24 heavy (non-hydrogen) atoms. The number of benzene rings is 1. The zero-order valence-electron chi connectivity index (χ0n) is 12.7. The average Bonchev–Trinajstić information content (AvgIpc) is 2.50. The molecule has 1 heterocycles. The summed E-state index contributed by atoms with van der Waals surface area (Å²) < 4.78 is 69.9. The first kappa shape index (κ1) is 18.2. The molecule has 5 nitrogen and oxygen atoms in total. The predicted molar refractivity (Wildman–Crippen MR) is 79.9 cm³/mol. The summed E-state index contributed by atoms with van der Waals surface area (Å²) in [5, 5.41) is 0. The van der Waals surface area contributed by atoms with E-state index in [0.717, 1.165) is 6.07 Å². The first-order valence-corrected chi connectivity index (χ1v) is 8.12. The molecule has 0 amide bonds. The lowest BCUT2D eigenvalue weighted by molar-refractivity contribution is -0.0501. The molecule has 2 aromatic rings. The van der Waals surface area contributed by atoms with Crippen LogP contribution in [0.2, 0.25) is 0 Å². The van der Waals surface area contributed by atoms with Gasteiger partial charge in [-0.25, -0.2) is 0 Å². The molecule has 0 aliphatic carbocycles. The van der Waals surface area contributed by atoms with Gasteiger partial charge in [0.2, 0.25) is 0 Å². The smallest absolute Gasteiger partial charge is 0.374 e. The van der Waals surface area contributed by atoms with Gasteiger partial charge in [-0.05, 0) is 24.6 Å². The second-order valence-corrected chi connectivity index (χ2v) is 6.38. The van der Waals surface area contributed by atoms with Gasteiger partial charge in [0.05, 0.1) is 0 Å². The predicted octanol–water partition coefficient (Wildman–Crippen LogP) is 3.35. The first-order valence-electron chi connectivity index (χ1n) is 6.72. The second-order valence-electron chi connectivity index (χ2n) is 4.85. The minimum atomic E-state index is -5.81. The van der Waals surface area contributed by atoms with E-state index in [1.165, 1.54) is 13.2 Å². The highest BCUT2D eigenvalue weighted by Crippen LogP contribution is 2.34. The van der Waals surface area contributed by atoms with Crippen molar-refractivity contribution >= 4 is 10.1 Å². The molecule has 0 aliphatic heterocycles. The Morgan fingerprint density at radius 1 is 1.08 bits per heavy atom. The molecule has 0 N–H and O–H groups in total. The number of nitrogens with zero attached hydrogens (tertiary/aromatic N) is 1. The van der Waals surface area contributed by atoms with Crippen LogP contribution in [0.4, 0.5) is 13.2 Å². The van der Waals surface area contributed by atoms with E-state index < -0.39 is 27.5 Å². The molecule has 0 fully saturated rings. The van der Waals surface area contributed by atoms with E-state index in [-0.39, 0.29) is 5.69 Å². The van der Waals surface area contributed by atoms with Crippen LogP contribution in [0.25, 0.3) is 0 Å². The van der Waals surface area contributed by atoms with Gasteiger partial charge >= 0.3 is 15.6 Å². The number of halogens is 3. The number of rotatable bonds is 5. The number of hydrogen-bond acceptors (Lipinski definition) is 5. The highest BCUT2D eigenvalue weighted by atomic mass is 32.2. The summed E-state index contributed by atoms with van der Waals surface area (Å²) in [6.07, 6.45) is -0.885. The van der Waals surface area contributed by atoms with E-state index in [2.05, 4.69) is 9.17 Å². The number of aryl methyl sites for hydroxylation is 1. The molecule has 0 spiro atoms. The number of hydrogen-bond donors (Lipinski definition) is 0. The molecule has 0 saturated carbocycles. The molecule has 0 aliphatic rings. The molecule has 1 atom stereocenters. The molecule has 1 aromatic heterocycles. The van der Waals surface area contributed by atoms with Crippen LogP contribution in [0.3, 0.4) is 0 Å². The van der Waals surface area contributed by atoms with Gasteiger partial charge in [-0.3, -0.25) is 4.98 Å². The fourth-order valence-corrected chi connectivity index (χ4v) is 2.49. The van der Waals surface area contributed by atoms with Gasteiger partial charge in [0.15, 0.2) is 5.75 Å². The Morgan fingerprint density at radius 3 is 2.25 bits per heavy atom. The lowest BCUT2D eigenvalue weighted by Crippen LogP contribution is -2.28. The largest absolute Gasteiger partial charge is 0.534 e. The molecule has 1 unspecified atom stereocenters. The minimum absolute atomic E-state index is 0.0588. The van der Waals surface area contributed by atoms with Gasteiger partial charge in [-0.15, -0.1) is 0 Å². The Balaban J connectivity index is 2.52.